The Bertz CT molecular complexity index is 497. The normalized spacial score (nSPS) is 25.2. The number of hydrogen-bond acceptors (Lipinski definition) is 2. The molecule has 0 spiro atoms. The molecule has 1 N–H and O–H groups in total. The Morgan fingerprint density at radius 3 is 2.81 bits per heavy atom. The molecule has 1 aliphatic carbocycles. The second-order valence-electron chi connectivity index (χ2n) is 6.16. The highest BCUT2D eigenvalue weighted by Gasteiger charge is 2.27. The highest BCUT2D eigenvalue weighted by atomic mass is 16.2. The average molecular weight is 284 g/mol. The van der Waals surface area contributed by atoms with Gasteiger partial charge in [-0.1, -0.05) is 30.4 Å². The zero-order valence-electron chi connectivity index (χ0n) is 12.5. The molecule has 0 aromatic heterocycles. The molecule has 0 bridgehead atoms. The Morgan fingerprint density at radius 1 is 1.19 bits per heavy atom. The molecule has 1 saturated heterocycles. The topological polar surface area (TPSA) is 32.3 Å². The van der Waals surface area contributed by atoms with Crippen molar-refractivity contribution in [1.29, 1.82) is 0 Å². The number of likely N-dealkylation sites (tertiary alicyclic amines) is 1. The van der Waals surface area contributed by atoms with E-state index in [1.807, 2.05) is 35.2 Å². The van der Waals surface area contributed by atoms with Crippen molar-refractivity contribution in [2.24, 2.45) is 5.92 Å². The van der Waals surface area contributed by atoms with Crippen LogP contribution in [0, 0.1) is 5.92 Å². The van der Waals surface area contributed by atoms with E-state index in [-0.39, 0.29) is 5.91 Å². The number of allylic oxidation sites excluding steroid dienone is 2. The molecular formula is C18H24N2O. The summed E-state index contributed by atoms with van der Waals surface area (Å²) in [6, 6.07) is 10.1. The molecule has 1 heterocycles. The molecular weight excluding hydrogens is 260 g/mol. The van der Waals surface area contributed by atoms with Gasteiger partial charge in [-0.2, -0.15) is 0 Å². The molecule has 1 aliphatic heterocycles. The second-order valence-corrected chi connectivity index (χ2v) is 6.16. The van der Waals surface area contributed by atoms with Gasteiger partial charge in [-0.15, -0.1) is 0 Å². The number of carbonyl (C=O) groups is 1. The van der Waals surface area contributed by atoms with E-state index < -0.39 is 0 Å². The number of nitrogens with one attached hydrogen (secondary N) is 1. The Kier molecular flexibility index (Phi) is 4.71. The van der Waals surface area contributed by atoms with Crippen LogP contribution in [0.15, 0.2) is 42.5 Å². The molecule has 1 amide bonds. The molecule has 112 valence electrons. The lowest BCUT2D eigenvalue weighted by Crippen LogP contribution is -2.37. The van der Waals surface area contributed by atoms with Crippen molar-refractivity contribution >= 4 is 5.91 Å². The Morgan fingerprint density at radius 2 is 2.05 bits per heavy atom. The molecule has 3 heteroatoms. The first-order valence-electron chi connectivity index (χ1n) is 8.05. The van der Waals surface area contributed by atoms with Crippen molar-refractivity contribution in [3.05, 3.63) is 48.0 Å². The van der Waals surface area contributed by atoms with Crippen molar-refractivity contribution in [1.82, 2.24) is 10.2 Å². The predicted octanol–water partition coefficient (Wildman–Crippen LogP) is 2.85. The number of nitrogens with zero attached hydrogens (tertiary/aromatic N) is 1. The summed E-state index contributed by atoms with van der Waals surface area (Å²) in [4.78, 5) is 14.4. The maximum absolute atomic E-state index is 12.4. The third-order valence-corrected chi connectivity index (χ3v) is 4.57. The predicted molar refractivity (Wildman–Crippen MR) is 85.2 cm³/mol. The summed E-state index contributed by atoms with van der Waals surface area (Å²) in [6.45, 7) is 2.80. The van der Waals surface area contributed by atoms with Gasteiger partial charge in [0.05, 0.1) is 0 Å². The van der Waals surface area contributed by atoms with Crippen molar-refractivity contribution in [2.75, 3.05) is 19.6 Å². The highest BCUT2D eigenvalue weighted by molar-refractivity contribution is 5.94. The average Bonchev–Trinajstić information content (AvgIpc) is 3.03. The lowest BCUT2D eigenvalue weighted by atomic mass is 9.94. The minimum atomic E-state index is 0.167. The van der Waals surface area contributed by atoms with Gasteiger partial charge in [0.2, 0.25) is 0 Å². The van der Waals surface area contributed by atoms with Crippen LogP contribution in [0.4, 0.5) is 0 Å². The Hall–Kier alpha value is -1.61. The van der Waals surface area contributed by atoms with Crippen molar-refractivity contribution < 1.29 is 4.79 Å². The molecule has 2 aliphatic rings. The first-order valence-corrected chi connectivity index (χ1v) is 8.05. The van der Waals surface area contributed by atoms with Crippen LogP contribution < -0.4 is 5.32 Å². The van der Waals surface area contributed by atoms with Crippen molar-refractivity contribution in [3.63, 3.8) is 0 Å². The van der Waals surface area contributed by atoms with Gasteiger partial charge in [-0.25, -0.2) is 0 Å². The summed E-state index contributed by atoms with van der Waals surface area (Å²) < 4.78 is 0. The Balaban J connectivity index is 1.47. The van der Waals surface area contributed by atoms with Crippen LogP contribution >= 0.6 is 0 Å². The number of benzene rings is 1. The fourth-order valence-electron chi connectivity index (χ4n) is 3.25. The number of hydrogen-bond donors (Lipinski definition) is 1. The number of rotatable bonds is 4. The molecule has 1 fully saturated rings. The van der Waals surface area contributed by atoms with E-state index in [0.29, 0.717) is 6.04 Å². The van der Waals surface area contributed by atoms with Crippen LogP contribution in [0.25, 0.3) is 0 Å². The van der Waals surface area contributed by atoms with Gasteiger partial charge in [0, 0.05) is 24.7 Å². The van der Waals surface area contributed by atoms with E-state index in [2.05, 4.69) is 17.5 Å². The second kappa shape index (κ2) is 6.90. The van der Waals surface area contributed by atoms with Crippen molar-refractivity contribution in [3.8, 4) is 0 Å². The summed E-state index contributed by atoms with van der Waals surface area (Å²) in [6.07, 6.45) is 9.37. The van der Waals surface area contributed by atoms with Crippen LogP contribution in [-0.4, -0.2) is 36.5 Å². The molecule has 0 saturated carbocycles. The first kappa shape index (κ1) is 14.3. The lowest BCUT2D eigenvalue weighted by Gasteiger charge is -2.21. The van der Waals surface area contributed by atoms with Gasteiger partial charge in [-0.05, 0) is 50.3 Å². The molecule has 3 rings (SSSR count). The summed E-state index contributed by atoms with van der Waals surface area (Å²) in [5, 5.41) is 3.66. The third-order valence-electron chi connectivity index (χ3n) is 4.57. The van der Waals surface area contributed by atoms with Crippen molar-refractivity contribution in [2.45, 2.75) is 31.7 Å². The van der Waals surface area contributed by atoms with Crippen LogP contribution in [0.1, 0.15) is 36.0 Å². The van der Waals surface area contributed by atoms with Gasteiger partial charge in [0.15, 0.2) is 0 Å². The SMILES string of the molecule is O=C(c1ccccc1)N1CC[C@@H](NC[C@H]2CC=CCC2)C1. The molecule has 1 aromatic carbocycles. The van der Waals surface area contributed by atoms with Gasteiger partial charge >= 0.3 is 0 Å². The minimum Gasteiger partial charge on any atom is -0.337 e. The summed E-state index contributed by atoms with van der Waals surface area (Å²) in [7, 11) is 0. The quantitative estimate of drug-likeness (QED) is 0.862. The maximum atomic E-state index is 12.4. The van der Waals surface area contributed by atoms with E-state index in [1.54, 1.807) is 0 Å². The van der Waals surface area contributed by atoms with Gasteiger partial charge < -0.3 is 10.2 Å². The standard InChI is InChI=1S/C18H24N2O/c21-18(16-9-5-2-6-10-16)20-12-11-17(14-20)19-13-15-7-3-1-4-8-15/h1-3,5-6,9-10,15,17,19H,4,7-8,11-14H2/t15-,17+/m0/s1. The lowest BCUT2D eigenvalue weighted by molar-refractivity contribution is 0.0789. The summed E-state index contributed by atoms with van der Waals surface area (Å²) in [5.74, 6) is 0.939. The third kappa shape index (κ3) is 3.73. The molecule has 2 atom stereocenters. The van der Waals surface area contributed by atoms with Gasteiger partial charge in [0.1, 0.15) is 0 Å². The molecule has 1 aromatic rings. The largest absolute Gasteiger partial charge is 0.337 e. The van der Waals surface area contributed by atoms with E-state index >= 15 is 0 Å². The molecule has 0 unspecified atom stereocenters. The van der Waals surface area contributed by atoms with Gasteiger partial charge in [-0.3, -0.25) is 4.79 Å². The van der Waals surface area contributed by atoms with E-state index in [1.165, 1.54) is 19.3 Å². The van der Waals surface area contributed by atoms with Crippen LogP contribution in [0.2, 0.25) is 0 Å². The van der Waals surface area contributed by atoms with Crippen LogP contribution in [0.5, 0.6) is 0 Å². The van der Waals surface area contributed by atoms with Gasteiger partial charge in [0.25, 0.3) is 5.91 Å². The van der Waals surface area contributed by atoms with E-state index in [4.69, 9.17) is 0 Å². The smallest absolute Gasteiger partial charge is 0.253 e. The molecule has 21 heavy (non-hydrogen) atoms. The zero-order chi connectivity index (χ0) is 14.5. The summed E-state index contributed by atoms with van der Waals surface area (Å²) >= 11 is 0. The summed E-state index contributed by atoms with van der Waals surface area (Å²) in [5.41, 5.74) is 0.801. The van der Waals surface area contributed by atoms with E-state index in [0.717, 1.165) is 37.5 Å². The van der Waals surface area contributed by atoms with Crippen LogP contribution in [-0.2, 0) is 0 Å². The minimum absolute atomic E-state index is 0.167. The highest BCUT2D eigenvalue weighted by Crippen LogP contribution is 2.19. The number of amides is 1. The molecule has 0 radical (unpaired) electrons. The maximum Gasteiger partial charge on any atom is 0.253 e. The molecule has 3 nitrogen and oxygen atoms in total. The first-order chi connectivity index (χ1) is 10.3. The number of carbonyl (C=O) groups excluding carboxylic acids is 1. The fourth-order valence-corrected chi connectivity index (χ4v) is 3.25. The Labute approximate surface area is 127 Å². The fraction of sp³-hybridized carbons (Fsp3) is 0.500. The monoisotopic (exact) mass is 284 g/mol. The van der Waals surface area contributed by atoms with Crippen LogP contribution in [0.3, 0.4) is 0 Å². The van der Waals surface area contributed by atoms with E-state index in [9.17, 15) is 4.79 Å². The zero-order valence-corrected chi connectivity index (χ0v) is 12.5.